The molecular weight excluding hydrogens is 300 g/mol. The van der Waals surface area contributed by atoms with Gasteiger partial charge in [-0.15, -0.1) is 0 Å². The van der Waals surface area contributed by atoms with E-state index in [1.165, 1.54) is 23.1 Å². The van der Waals surface area contributed by atoms with Crippen LogP contribution in [0, 0.1) is 17.0 Å². The first kappa shape index (κ1) is 16.5. The average Bonchev–Trinajstić information content (AvgIpc) is 2.92. The third kappa shape index (κ3) is 3.88. The Labute approximate surface area is 133 Å². The van der Waals surface area contributed by atoms with Gasteiger partial charge in [0.2, 0.25) is 0 Å². The fraction of sp³-hybridized carbons (Fsp3) is 0.312. The smallest absolute Gasteiger partial charge is 0.311 e. The highest BCUT2D eigenvalue weighted by molar-refractivity contribution is 5.95. The number of carbonyl (C=O) groups excluding carboxylic acids is 1. The molecule has 23 heavy (non-hydrogen) atoms. The summed E-state index contributed by atoms with van der Waals surface area (Å²) in [6.45, 7) is 4.16. The monoisotopic (exact) mass is 318 g/mol. The van der Waals surface area contributed by atoms with E-state index in [1.54, 1.807) is 20.0 Å². The minimum Gasteiger partial charge on any atom is -0.487 e. The third-order valence-corrected chi connectivity index (χ3v) is 3.24. The first-order valence-corrected chi connectivity index (χ1v) is 7.14. The Bertz CT molecular complexity index is 723. The van der Waals surface area contributed by atoms with Crippen LogP contribution in [0.5, 0.6) is 5.75 Å². The summed E-state index contributed by atoms with van der Waals surface area (Å²) in [5.74, 6) is 1.24. The molecule has 0 saturated carbocycles. The van der Waals surface area contributed by atoms with Crippen LogP contribution in [0.15, 0.2) is 34.7 Å². The summed E-state index contributed by atoms with van der Waals surface area (Å²) < 4.78 is 10.6. The van der Waals surface area contributed by atoms with Crippen molar-refractivity contribution in [2.24, 2.45) is 0 Å². The maximum Gasteiger partial charge on any atom is 0.311 e. The van der Waals surface area contributed by atoms with Gasteiger partial charge in [0.05, 0.1) is 18.1 Å². The van der Waals surface area contributed by atoms with E-state index in [1.807, 2.05) is 13.0 Å². The Morgan fingerprint density at radius 1 is 1.35 bits per heavy atom. The van der Waals surface area contributed by atoms with Crippen LogP contribution in [0.1, 0.15) is 28.8 Å². The SMILES string of the molecule is CCOc1ccc(C(=O)N(C)Cc2ccc(C)o2)cc1[N+](=O)[O-]. The molecule has 0 atom stereocenters. The van der Waals surface area contributed by atoms with E-state index in [-0.39, 0.29) is 29.5 Å². The molecule has 1 amide bonds. The van der Waals surface area contributed by atoms with Crippen LogP contribution in [-0.2, 0) is 6.54 Å². The Kier molecular flexibility index (Phi) is 5.00. The van der Waals surface area contributed by atoms with Gasteiger partial charge in [-0.25, -0.2) is 0 Å². The molecule has 0 N–H and O–H groups in total. The number of nitrogens with zero attached hydrogens (tertiary/aromatic N) is 2. The Hall–Kier alpha value is -2.83. The Morgan fingerprint density at radius 2 is 2.09 bits per heavy atom. The largest absolute Gasteiger partial charge is 0.487 e. The molecule has 0 aliphatic carbocycles. The number of aryl methyl sites for hydroxylation is 1. The van der Waals surface area contributed by atoms with Crippen molar-refractivity contribution in [3.63, 3.8) is 0 Å². The van der Waals surface area contributed by atoms with Gasteiger partial charge in [-0.1, -0.05) is 0 Å². The van der Waals surface area contributed by atoms with E-state index in [0.29, 0.717) is 12.4 Å². The molecule has 0 aliphatic rings. The van der Waals surface area contributed by atoms with Crippen molar-refractivity contribution in [1.29, 1.82) is 0 Å². The maximum atomic E-state index is 12.4. The second kappa shape index (κ2) is 6.95. The van der Waals surface area contributed by atoms with Gasteiger partial charge >= 0.3 is 5.69 Å². The van der Waals surface area contributed by atoms with Gasteiger partial charge in [-0.3, -0.25) is 14.9 Å². The number of benzene rings is 1. The summed E-state index contributed by atoms with van der Waals surface area (Å²) in [5, 5.41) is 11.1. The van der Waals surface area contributed by atoms with E-state index in [4.69, 9.17) is 9.15 Å². The van der Waals surface area contributed by atoms with Crippen LogP contribution >= 0.6 is 0 Å². The molecule has 0 unspecified atom stereocenters. The minimum absolute atomic E-state index is 0.151. The highest BCUT2D eigenvalue weighted by atomic mass is 16.6. The van der Waals surface area contributed by atoms with E-state index < -0.39 is 4.92 Å². The number of nitro benzene ring substituents is 1. The number of ether oxygens (including phenoxy) is 1. The van der Waals surface area contributed by atoms with E-state index in [0.717, 1.165) is 5.76 Å². The summed E-state index contributed by atoms with van der Waals surface area (Å²) in [6, 6.07) is 7.80. The zero-order valence-electron chi connectivity index (χ0n) is 13.2. The lowest BCUT2D eigenvalue weighted by molar-refractivity contribution is -0.385. The van der Waals surface area contributed by atoms with Crippen LogP contribution in [0.2, 0.25) is 0 Å². The van der Waals surface area contributed by atoms with Crippen LogP contribution in [-0.4, -0.2) is 29.4 Å². The van der Waals surface area contributed by atoms with Gasteiger partial charge < -0.3 is 14.1 Å². The Morgan fingerprint density at radius 3 is 2.65 bits per heavy atom. The van der Waals surface area contributed by atoms with Crippen molar-refractivity contribution in [3.05, 3.63) is 57.5 Å². The van der Waals surface area contributed by atoms with Crippen molar-refractivity contribution in [1.82, 2.24) is 4.90 Å². The third-order valence-electron chi connectivity index (χ3n) is 3.24. The molecule has 0 bridgehead atoms. The molecule has 0 fully saturated rings. The maximum absolute atomic E-state index is 12.4. The van der Waals surface area contributed by atoms with Crippen LogP contribution in [0.25, 0.3) is 0 Å². The van der Waals surface area contributed by atoms with Crippen molar-refractivity contribution in [3.8, 4) is 5.75 Å². The molecule has 1 aromatic carbocycles. The molecule has 0 aliphatic heterocycles. The second-order valence-electron chi connectivity index (χ2n) is 5.05. The van der Waals surface area contributed by atoms with Crippen molar-refractivity contribution < 1.29 is 18.9 Å². The lowest BCUT2D eigenvalue weighted by atomic mass is 10.1. The fourth-order valence-electron chi connectivity index (χ4n) is 2.17. The summed E-state index contributed by atoms with van der Waals surface area (Å²) >= 11 is 0. The van der Waals surface area contributed by atoms with Crippen LogP contribution in [0.3, 0.4) is 0 Å². The summed E-state index contributed by atoms with van der Waals surface area (Å²) in [4.78, 5) is 24.4. The quantitative estimate of drug-likeness (QED) is 0.603. The minimum atomic E-state index is -0.558. The first-order chi connectivity index (χ1) is 10.9. The molecule has 0 spiro atoms. The number of rotatable bonds is 6. The molecule has 0 saturated heterocycles. The fourth-order valence-corrected chi connectivity index (χ4v) is 2.17. The van der Waals surface area contributed by atoms with Gasteiger partial charge in [0.15, 0.2) is 5.75 Å². The number of nitro groups is 1. The topological polar surface area (TPSA) is 85.8 Å². The highest BCUT2D eigenvalue weighted by Gasteiger charge is 2.21. The zero-order valence-corrected chi connectivity index (χ0v) is 13.2. The lowest BCUT2D eigenvalue weighted by Crippen LogP contribution is -2.26. The molecule has 7 nitrogen and oxygen atoms in total. The molecular formula is C16H18N2O5. The summed E-state index contributed by atoms with van der Waals surface area (Å²) in [5.41, 5.74) is 0.00544. The normalized spacial score (nSPS) is 10.4. The van der Waals surface area contributed by atoms with Gasteiger partial charge in [-0.2, -0.15) is 0 Å². The van der Waals surface area contributed by atoms with Gasteiger partial charge in [0.1, 0.15) is 11.5 Å². The van der Waals surface area contributed by atoms with Gasteiger partial charge in [0.25, 0.3) is 5.91 Å². The van der Waals surface area contributed by atoms with Gasteiger partial charge in [-0.05, 0) is 38.1 Å². The number of amides is 1. The van der Waals surface area contributed by atoms with E-state index >= 15 is 0 Å². The molecule has 1 aromatic heterocycles. The molecule has 2 aromatic rings. The lowest BCUT2D eigenvalue weighted by Gasteiger charge is -2.16. The molecule has 1 heterocycles. The number of carbonyl (C=O) groups is 1. The van der Waals surface area contributed by atoms with Crippen LogP contribution in [0.4, 0.5) is 5.69 Å². The standard InChI is InChI=1S/C16H18N2O5/c1-4-22-15-8-6-12(9-14(15)18(20)21)16(19)17(3)10-13-7-5-11(2)23-13/h5-9H,4,10H2,1-3H3. The zero-order chi connectivity index (χ0) is 17.0. The van der Waals surface area contributed by atoms with Crippen molar-refractivity contribution >= 4 is 11.6 Å². The van der Waals surface area contributed by atoms with Crippen LogP contribution < -0.4 is 4.74 Å². The Balaban J connectivity index is 2.21. The predicted octanol–water partition coefficient (Wildman–Crippen LogP) is 3.17. The highest BCUT2D eigenvalue weighted by Crippen LogP contribution is 2.28. The average molecular weight is 318 g/mol. The number of hydrogen-bond acceptors (Lipinski definition) is 5. The van der Waals surface area contributed by atoms with E-state index in [2.05, 4.69) is 0 Å². The summed E-state index contributed by atoms with van der Waals surface area (Å²) in [6.07, 6.45) is 0. The molecule has 7 heteroatoms. The predicted molar refractivity (Wildman–Crippen MR) is 83.5 cm³/mol. The molecule has 0 radical (unpaired) electrons. The molecule has 2 rings (SSSR count). The summed E-state index contributed by atoms with van der Waals surface area (Å²) in [7, 11) is 1.61. The molecule has 122 valence electrons. The van der Waals surface area contributed by atoms with Gasteiger partial charge in [0, 0.05) is 18.7 Å². The van der Waals surface area contributed by atoms with Crippen molar-refractivity contribution in [2.45, 2.75) is 20.4 Å². The second-order valence-corrected chi connectivity index (χ2v) is 5.05. The first-order valence-electron chi connectivity index (χ1n) is 7.14. The number of hydrogen-bond donors (Lipinski definition) is 0. The van der Waals surface area contributed by atoms with E-state index in [9.17, 15) is 14.9 Å². The number of furan rings is 1. The van der Waals surface area contributed by atoms with Crippen molar-refractivity contribution in [2.75, 3.05) is 13.7 Å².